The Hall–Kier alpha value is -0.870. The van der Waals surface area contributed by atoms with Crippen LogP contribution in [0.25, 0.3) is 0 Å². The van der Waals surface area contributed by atoms with E-state index in [1.54, 1.807) is 0 Å². The van der Waals surface area contributed by atoms with Gasteiger partial charge in [0, 0.05) is 29.2 Å². The molecule has 0 aliphatic heterocycles. The molecule has 0 bridgehead atoms. The highest BCUT2D eigenvalue weighted by atomic mass is 79.9. The standard InChI is InChI=1S/C14H21BrN2O/c1-4-11(3)16-8-7-14(18)17-12-5-6-13(15)10(2)9-12/h5-6,9,11,16H,4,7-8H2,1-3H3,(H,17,18). The summed E-state index contributed by atoms with van der Waals surface area (Å²) in [6, 6.07) is 6.27. The number of hydrogen-bond acceptors (Lipinski definition) is 2. The first kappa shape index (κ1) is 15.2. The van der Waals surface area contributed by atoms with Crippen LogP contribution in [-0.2, 0) is 4.79 Å². The Kier molecular flexibility index (Phi) is 6.36. The summed E-state index contributed by atoms with van der Waals surface area (Å²) in [6.45, 7) is 6.97. The molecular weight excluding hydrogens is 292 g/mol. The smallest absolute Gasteiger partial charge is 0.225 e. The van der Waals surface area contributed by atoms with E-state index in [0.717, 1.165) is 28.7 Å². The molecular formula is C14H21BrN2O. The molecule has 0 spiro atoms. The number of amides is 1. The molecule has 18 heavy (non-hydrogen) atoms. The van der Waals surface area contributed by atoms with E-state index in [1.165, 1.54) is 0 Å². The third-order valence-corrected chi connectivity index (χ3v) is 3.79. The molecule has 1 amide bonds. The van der Waals surface area contributed by atoms with Gasteiger partial charge < -0.3 is 10.6 Å². The molecule has 1 atom stereocenters. The average Bonchev–Trinajstić information content (AvgIpc) is 2.33. The van der Waals surface area contributed by atoms with E-state index in [2.05, 4.69) is 40.4 Å². The van der Waals surface area contributed by atoms with Crippen LogP contribution < -0.4 is 10.6 Å². The van der Waals surface area contributed by atoms with Crippen molar-refractivity contribution in [3.05, 3.63) is 28.2 Å². The van der Waals surface area contributed by atoms with E-state index >= 15 is 0 Å². The Morgan fingerprint density at radius 3 is 2.78 bits per heavy atom. The van der Waals surface area contributed by atoms with Crippen LogP contribution in [0.3, 0.4) is 0 Å². The van der Waals surface area contributed by atoms with E-state index in [0.29, 0.717) is 12.5 Å². The van der Waals surface area contributed by atoms with Crippen LogP contribution in [0.4, 0.5) is 5.69 Å². The van der Waals surface area contributed by atoms with Gasteiger partial charge in [-0.3, -0.25) is 4.79 Å². The van der Waals surface area contributed by atoms with E-state index in [1.807, 2.05) is 25.1 Å². The minimum Gasteiger partial charge on any atom is -0.326 e. The zero-order valence-electron chi connectivity index (χ0n) is 11.2. The van der Waals surface area contributed by atoms with Gasteiger partial charge in [0.05, 0.1) is 0 Å². The molecule has 0 radical (unpaired) electrons. The van der Waals surface area contributed by atoms with Crippen LogP contribution in [0.15, 0.2) is 22.7 Å². The Morgan fingerprint density at radius 1 is 1.44 bits per heavy atom. The maximum Gasteiger partial charge on any atom is 0.225 e. The maximum atomic E-state index is 11.7. The number of benzene rings is 1. The predicted octanol–water partition coefficient (Wildman–Crippen LogP) is 3.47. The highest BCUT2D eigenvalue weighted by molar-refractivity contribution is 9.10. The summed E-state index contributed by atoms with van der Waals surface area (Å²) < 4.78 is 1.05. The minimum atomic E-state index is 0.0486. The molecule has 1 aromatic rings. The summed E-state index contributed by atoms with van der Waals surface area (Å²) >= 11 is 3.44. The van der Waals surface area contributed by atoms with Crippen LogP contribution in [0.2, 0.25) is 0 Å². The first-order valence-corrected chi connectivity index (χ1v) is 7.11. The molecule has 0 aliphatic rings. The van der Waals surface area contributed by atoms with Gasteiger partial charge in [0.2, 0.25) is 5.91 Å². The number of anilines is 1. The third kappa shape index (κ3) is 5.19. The van der Waals surface area contributed by atoms with Crippen molar-refractivity contribution in [3.63, 3.8) is 0 Å². The molecule has 1 unspecified atom stereocenters. The third-order valence-electron chi connectivity index (χ3n) is 2.90. The topological polar surface area (TPSA) is 41.1 Å². The van der Waals surface area contributed by atoms with Gasteiger partial charge in [0.1, 0.15) is 0 Å². The summed E-state index contributed by atoms with van der Waals surface area (Å²) in [7, 11) is 0. The molecule has 1 aromatic carbocycles. The summed E-state index contributed by atoms with van der Waals surface area (Å²) in [5.41, 5.74) is 1.97. The van der Waals surface area contributed by atoms with Gasteiger partial charge in [0.25, 0.3) is 0 Å². The highest BCUT2D eigenvalue weighted by Gasteiger charge is 2.04. The second-order valence-corrected chi connectivity index (χ2v) is 5.38. The van der Waals surface area contributed by atoms with Crippen LogP contribution in [0.5, 0.6) is 0 Å². The lowest BCUT2D eigenvalue weighted by molar-refractivity contribution is -0.116. The lowest BCUT2D eigenvalue weighted by Crippen LogP contribution is -2.28. The van der Waals surface area contributed by atoms with E-state index in [4.69, 9.17) is 0 Å². The quantitative estimate of drug-likeness (QED) is 0.844. The Morgan fingerprint density at radius 2 is 2.17 bits per heavy atom. The van der Waals surface area contributed by atoms with Gasteiger partial charge in [-0.25, -0.2) is 0 Å². The molecule has 0 fully saturated rings. The van der Waals surface area contributed by atoms with Gasteiger partial charge in [-0.05, 0) is 44.0 Å². The molecule has 0 heterocycles. The molecule has 4 heteroatoms. The lowest BCUT2D eigenvalue weighted by Gasteiger charge is -2.11. The summed E-state index contributed by atoms with van der Waals surface area (Å²) in [6.07, 6.45) is 1.58. The van der Waals surface area contributed by atoms with Gasteiger partial charge in [0.15, 0.2) is 0 Å². The van der Waals surface area contributed by atoms with Gasteiger partial charge in [-0.15, -0.1) is 0 Å². The zero-order chi connectivity index (χ0) is 13.5. The fourth-order valence-corrected chi connectivity index (χ4v) is 1.77. The molecule has 100 valence electrons. The van der Waals surface area contributed by atoms with Crippen molar-refractivity contribution < 1.29 is 4.79 Å². The van der Waals surface area contributed by atoms with Crippen LogP contribution in [0.1, 0.15) is 32.3 Å². The summed E-state index contributed by atoms with van der Waals surface area (Å²) in [4.78, 5) is 11.7. The number of hydrogen-bond donors (Lipinski definition) is 2. The number of carbonyl (C=O) groups excluding carboxylic acids is 1. The fourth-order valence-electron chi connectivity index (χ4n) is 1.52. The monoisotopic (exact) mass is 312 g/mol. The Balaban J connectivity index is 2.38. The fraction of sp³-hybridized carbons (Fsp3) is 0.500. The molecule has 0 aromatic heterocycles. The molecule has 0 aliphatic carbocycles. The number of carbonyl (C=O) groups is 1. The van der Waals surface area contributed by atoms with E-state index in [-0.39, 0.29) is 5.91 Å². The van der Waals surface area contributed by atoms with E-state index < -0.39 is 0 Å². The first-order valence-electron chi connectivity index (χ1n) is 6.32. The molecule has 0 saturated heterocycles. The van der Waals surface area contributed by atoms with Crippen molar-refractivity contribution in [2.45, 2.75) is 39.7 Å². The normalized spacial score (nSPS) is 12.2. The Labute approximate surface area is 117 Å². The van der Waals surface area contributed by atoms with Crippen molar-refractivity contribution in [3.8, 4) is 0 Å². The van der Waals surface area contributed by atoms with E-state index in [9.17, 15) is 4.79 Å². The van der Waals surface area contributed by atoms with Crippen molar-refractivity contribution >= 4 is 27.5 Å². The van der Waals surface area contributed by atoms with Crippen molar-refractivity contribution in [1.82, 2.24) is 5.32 Å². The predicted molar refractivity (Wildman–Crippen MR) is 79.9 cm³/mol. The maximum absolute atomic E-state index is 11.7. The Bertz CT molecular complexity index is 407. The van der Waals surface area contributed by atoms with Crippen LogP contribution >= 0.6 is 15.9 Å². The molecule has 1 rings (SSSR count). The van der Waals surface area contributed by atoms with Crippen LogP contribution in [-0.4, -0.2) is 18.5 Å². The minimum absolute atomic E-state index is 0.0486. The molecule has 0 saturated carbocycles. The SMILES string of the molecule is CCC(C)NCCC(=O)Nc1ccc(Br)c(C)c1. The van der Waals surface area contributed by atoms with Gasteiger partial charge in [-0.2, -0.15) is 0 Å². The van der Waals surface area contributed by atoms with Crippen LogP contribution in [0, 0.1) is 6.92 Å². The average molecular weight is 313 g/mol. The summed E-state index contributed by atoms with van der Waals surface area (Å²) in [5, 5.41) is 6.20. The number of rotatable bonds is 6. The van der Waals surface area contributed by atoms with Gasteiger partial charge >= 0.3 is 0 Å². The largest absolute Gasteiger partial charge is 0.326 e. The highest BCUT2D eigenvalue weighted by Crippen LogP contribution is 2.19. The van der Waals surface area contributed by atoms with Crippen molar-refractivity contribution in [1.29, 1.82) is 0 Å². The number of aryl methyl sites for hydroxylation is 1. The zero-order valence-corrected chi connectivity index (χ0v) is 12.8. The molecule has 2 N–H and O–H groups in total. The first-order chi connectivity index (χ1) is 8.52. The number of halogens is 1. The van der Waals surface area contributed by atoms with Crippen molar-refractivity contribution in [2.24, 2.45) is 0 Å². The van der Waals surface area contributed by atoms with Crippen molar-refractivity contribution in [2.75, 3.05) is 11.9 Å². The van der Waals surface area contributed by atoms with Gasteiger partial charge in [-0.1, -0.05) is 22.9 Å². The molecule has 3 nitrogen and oxygen atoms in total. The number of nitrogens with one attached hydrogen (secondary N) is 2. The summed E-state index contributed by atoms with van der Waals surface area (Å²) in [5.74, 6) is 0.0486. The second kappa shape index (κ2) is 7.54. The lowest BCUT2D eigenvalue weighted by atomic mass is 10.2. The second-order valence-electron chi connectivity index (χ2n) is 4.53.